The summed E-state index contributed by atoms with van der Waals surface area (Å²) in [4.78, 5) is 20.5. The van der Waals surface area contributed by atoms with Gasteiger partial charge in [0.25, 0.3) is 0 Å². The Morgan fingerprint density at radius 1 is 1.06 bits per heavy atom. The molecule has 3 aromatic rings. The van der Waals surface area contributed by atoms with Crippen molar-refractivity contribution in [2.24, 2.45) is 0 Å². The van der Waals surface area contributed by atoms with E-state index in [9.17, 15) is 5.11 Å². The molecule has 10 heteroatoms. The summed E-state index contributed by atoms with van der Waals surface area (Å²) in [5, 5.41) is 11.3. The maximum atomic E-state index is 15.5. The highest BCUT2D eigenvalue weighted by Crippen LogP contribution is 2.45. The third kappa shape index (κ3) is 4.08. The van der Waals surface area contributed by atoms with Crippen molar-refractivity contribution in [2.75, 3.05) is 61.1 Å². The number of fused-ring (bicyclic) bond motifs is 1. The molecule has 2 aliphatic heterocycles. The van der Waals surface area contributed by atoms with E-state index < -0.39 is 5.67 Å². The van der Waals surface area contributed by atoms with Crippen LogP contribution >= 0.6 is 11.6 Å². The largest absolute Gasteiger partial charge is 0.493 e. The number of nitrogens with zero attached hydrogens (tertiary/aromatic N) is 6. The van der Waals surface area contributed by atoms with Crippen LogP contribution in [-0.2, 0) is 5.67 Å². The maximum absolute atomic E-state index is 15.5. The number of ether oxygens (including phenoxy) is 1. The summed E-state index contributed by atoms with van der Waals surface area (Å²) >= 11 is 6.76. The Bertz CT molecular complexity index is 1280. The number of rotatable bonds is 5. The number of aromatic nitrogens is 3. The Kier molecular flexibility index (Phi) is 6.00. The molecule has 0 spiro atoms. The molecule has 190 valence electrons. The minimum Gasteiger partial charge on any atom is -0.493 e. The molecule has 1 aliphatic carbocycles. The number of hydrogen-bond acceptors (Lipinski definition) is 8. The van der Waals surface area contributed by atoms with Crippen molar-refractivity contribution in [3.05, 3.63) is 41.3 Å². The van der Waals surface area contributed by atoms with Gasteiger partial charge in [0.2, 0.25) is 0 Å². The number of anilines is 3. The van der Waals surface area contributed by atoms with Crippen LogP contribution < -0.4 is 19.4 Å². The predicted molar refractivity (Wildman–Crippen MR) is 139 cm³/mol. The number of β-amino-alcohol motifs (C(OH)–C–C–N with tert-alkyl or cyclic N) is 1. The second-order valence-electron chi connectivity index (χ2n) is 9.91. The van der Waals surface area contributed by atoms with Crippen molar-refractivity contribution in [2.45, 2.75) is 37.5 Å². The monoisotopic (exact) mass is 512 g/mol. The average molecular weight is 513 g/mol. The number of aliphatic hydroxyl groups is 1. The standard InChI is InChI=1S/C26H30ClFN6O2/c1-36-21-4-2-8-29-24(21)33-12-10-32(11-13-33)23-19-14-17(34-9-5-18(35)16-34)15-20(27)22(19)30-25(31-23)26(28)6-3-7-26/h2,4,8,14-15,18,35H,3,5-7,9-13,16H2,1H3/t18-/m0/s1. The zero-order chi connectivity index (χ0) is 24.9. The number of halogens is 2. The summed E-state index contributed by atoms with van der Waals surface area (Å²) in [6.45, 7) is 4.15. The van der Waals surface area contributed by atoms with Crippen LogP contribution in [0.1, 0.15) is 31.5 Å². The summed E-state index contributed by atoms with van der Waals surface area (Å²) in [6.07, 6.45) is 3.86. The molecule has 2 aromatic heterocycles. The van der Waals surface area contributed by atoms with Crippen LogP contribution in [0.3, 0.4) is 0 Å². The number of pyridine rings is 1. The van der Waals surface area contributed by atoms with Gasteiger partial charge in [0, 0.05) is 56.5 Å². The summed E-state index contributed by atoms with van der Waals surface area (Å²) in [6, 6.07) is 7.69. The zero-order valence-electron chi connectivity index (χ0n) is 20.3. The quantitative estimate of drug-likeness (QED) is 0.551. The lowest BCUT2D eigenvalue weighted by Crippen LogP contribution is -2.47. The molecule has 2 saturated heterocycles. The SMILES string of the molecule is COc1cccnc1N1CCN(c2nc(C3(F)CCC3)nc3c(Cl)cc(N4CC[C@H](O)C4)cc23)CC1. The normalized spacial score (nSPS) is 21.7. The highest BCUT2D eigenvalue weighted by Gasteiger charge is 2.43. The van der Waals surface area contributed by atoms with Crippen molar-refractivity contribution in [3.63, 3.8) is 0 Å². The van der Waals surface area contributed by atoms with Crippen molar-refractivity contribution in [3.8, 4) is 5.75 Å². The van der Waals surface area contributed by atoms with E-state index in [0.717, 1.165) is 60.9 Å². The highest BCUT2D eigenvalue weighted by molar-refractivity contribution is 6.35. The predicted octanol–water partition coefficient (Wildman–Crippen LogP) is 3.93. The first-order valence-electron chi connectivity index (χ1n) is 12.6. The van der Waals surface area contributed by atoms with Crippen LogP contribution in [0, 0.1) is 0 Å². The van der Waals surface area contributed by atoms with Crippen molar-refractivity contribution < 1.29 is 14.2 Å². The smallest absolute Gasteiger partial charge is 0.171 e. The van der Waals surface area contributed by atoms with Gasteiger partial charge in [-0.3, -0.25) is 0 Å². The van der Waals surface area contributed by atoms with Gasteiger partial charge in [0.05, 0.1) is 23.8 Å². The first-order valence-corrected chi connectivity index (χ1v) is 13.0. The third-order valence-corrected chi connectivity index (χ3v) is 7.93. The Morgan fingerprint density at radius 3 is 2.44 bits per heavy atom. The van der Waals surface area contributed by atoms with Gasteiger partial charge in [0.1, 0.15) is 5.82 Å². The van der Waals surface area contributed by atoms with Gasteiger partial charge in [-0.15, -0.1) is 0 Å². The number of aliphatic hydroxyl groups excluding tert-OH is 1. The second kappa shape index (κ2) is 9.19. The van der Waals surface area contributed by atoms with E-state index in [1.165, 1.54) is 0 Å². The molecule has 1 atom stereocenters. The van der Waals surface area contributed by atoms with E-state index >= 15 is 4.39 Å². The first kappa shape index (κ1) is 23.5. The van der Waals surface area contributed by atoms with Crippen LogP contribution in [-0.4, -0.2) is 72.5 Å². The van der Waals surface area contributed by atoms with E-state index in [0.29, 0.717) is 43.0 Å². The molecule has 1 aromatic carbocycles. The zero-order valence-corrected chi connectivity index (χ0v) is 21.1. The molecule has 0 unspecified atom stereocenters. The number of benzene rings is 1. The second-order valence-corrected chi connectivity index (χ2v) is 10.3. The van der Waals surface area contributed by atoms with Crippen LogP contribution in [0.5, 0.6) is 5.75 Å². The third-order valence-electron chi connectivity index (χ3n) is 7.64. The fourth-order valence-electron chi connectivity index (χ4n) is 5.38. The van der Waals surface area contributed by atoms with Crippen LogP contribution in [0.4, 0.5) is 21.7 Å². The molecule has 0 amide bonds. The Hall–Kier alpha value is -2.91. The summed E-state index contributed by atoms with van der Waals surface area (Å²) in [7, 11) is 1.65. The Morgan fingerprint density at radius 2 is 1.81 bits per heavy atom. The molecule has 36 heavy (non-hydrogen) atoms. The lowest BCUT2D eigenvalue weighted by molar-refractivity contribution is 0.0512. The van der Waals surface area contributed by atoms with Crippen molar-refractivity contribution >= 4 is 39.8 Å². The van der Waals surface area contributed by atoms with Crippen LogP contribution in [0.25, 0.3) is 10.9 Å². The average Bonchev–Trinajstić information content (AvgIpc) is 3.33. The van der Waals surface area contributed by atoms with Crippen molar-refractivity contribution in [1.82, 2.24) is 15.0 Å². The Labute approximate surface area is 214 Å². The maximum Gasteiger partial charge on any atom is 0.171 e. The molecule has 1 saturated carbocycles. The summed E-state index contributed by atoms with van der Waals surface area (Å²) in [5.74, 6) is 2.52. The molecule has 0 radical (unpaired) electrons. The van der Waals surface area contributed by atoms with Crippen molar-refractivity contribution in [1.29, 1.82) is 0 Å². The molecule has 1 N–H and O–H groups in total. The van der Waals surface area contributed by atoms with Crippen LogP contribution in [0.15, 0.2) is 30.5 Å². The van der Waals surface area contributed by atoms with E-state index in [-0.39, 0.29) is 11.9 Å². The molecule has 0 bridgehead atoms. The van der Waals surface area contributed by atoms with Gasteiger partial charge >= 0.3 is 0 Å². The lowest BCUT2D eigenvalue weighted by Gasteiger charge is -2.38. The molecular formula is C26H30ClFN6O2. The number of piperazine rings is 1. The molecule has 6 rings (SSSR count). The van der Waals surface area contributed by atoms with E-state index in [1.807, 2.05) is 24.3 Å². The molecule has 3 fully saturated rings. The van der Waals surface area contributed by atoms with Gasteiger partial charge < -0.3 is 24.5 Å². The number of hydrogen-bond donors (Lipinski definition) is 1. The number of methoxy groups -OCH3 is 1. The Balaban J connectivity index is 1.37. The van der Waals surface area contributed by atoms with E-state index in [4.69, 9.17) is 21.3 Å². The van der Waals surface area contributed by atoms with E-state index in [1.54, 1.807) is 13.3 Å². The van der Waals surface area contributed by atoms with Crippen LogP contribution in [0.2, 0.25) is 5.02 Å². The minimum atomic E-state index is -1.49. The number of alkyl halides is 1. The topological polar surface area (TPSA) is 77.9 Å². The van der Waals surface area contributed by atoms with Gasteiger partial charge in [-0.05, 0) is 49.9 Å². The molecule has 4 heterocycles. The van der Waals surface area contributed by atoms with Gasteiger partial charge in [-0.25, -0.2) is 19.3 Å². The summed E-state index contributed by atoms with van der Waals surface area (Å²) in [5.41, 5.74) is 0.0164. The van der Waals surface area contributed by atoms with E-state index in [2.05, 4.69) is 24.7 Å². The molecule has 3 aliphatic rings. The van der Waals surface area contributed by atoms with Gasteiger partial charge in [0.15, 0.2) is 23.1 Å². The van der Waals surface area contributed by atoms with Gasteiger partial charge in [-0.2, -0.15) is 0 Å². The van der Waals surface area contributed by atoms with Gasteiger partial charge in [-0.1, -0.05) is 11.6 Å². The molecule has 8 nitrogen and oxygen atoms in total. The summed E-state index contributed by atoms with van der Waals surface area (Å²) < 4.78 is 21.0. The molecular weight excluding hydrogens is 483 g/mol. The fraction of sp³-hybridized carbons (Fsp3) is 0.500. The fourth-order valence-corrected chi connectivity index (χ4v) is 5.64. The first-order chi connectivity index (χ1) is 17.4. The lowest BCUT2D eigenvalue weighted by atomic mass is 9.81. The highest BCUT2D eigenvalue weighted by atomic mass is 35.5. The minimum absolute atomic E-state index is 0.233.